The Labute approximate surface area is 91.9 Å². The average molecular weight is 210 g/mol. The van der Waals surface area contributed by atoms with Gasteiger partial charge < -0.3 is 5.73 Å². The normalized spacial score (nSPS) is 33.7. The minimum atomic E-state index is 0.297. The van der Waals surface area contributed by atoms with Gasteiger partial charge in [0.2, 0.25) is 0 Å². The molecule has 2 fully saturated rings. The van der Waals surface area contributed by atoms with E-state index < -0.39 is 0 Å². The summed E-state index contributed by atoms with van der Waals surface area (Å²) in [7, 11) is 0. The van der Waals surface area contributed by atoms with Crippen molar-refractivity contribution in [1.29, 1.82) is 5.41 Å². The maximum absolute atomic E-state index is 7.38. The summed E-state index contributed by atoms with van der Waals surface area (Å²) in [6.45, 7) is 6.40. The Balaban J connectivity index is 1.95. The Hall–Kier alpha value is -0.610. The highest BCUT2D eigenvalue weighted by molar-refractivity contribution is 5.79. The summed E-state index contributed by atoms with van der Waals surface area (Å²) >= 11 is 0. The Bertz CT molecular complexity index is 241. The molecule has 0 bridgehead atoms. The van der Waals surface area contributed by atoms with E-state index in [9.17, 15) is 0 Å². The predicted molar refractivity (Wildman–Crippen MR) is 62.2 cm³/mol. The minimum Gasteiger partial charge on any atom is -0.387 e. The number of nitrogens with one attached hydrogen (secondary N) is 1. The second-order valence-corrected chi connectivity index (χ2v) is 4.95. The Morgan fingerprint density at radius 2 is 2.20 bits per heavy atom. The molecule has 2 atom stereocenters. The van der Waals surface area contributed by atoms with Gasteiger partial charge in [-0.15, -0.1) is 0 Å². The zero-order valence-corrected chi connectivity index (χ0v) is 9.58. The van der Waals surface area contributed by atoms with Crippen molar-refractivity contribution < 1.29 is 0 Å². The lowest BCUT2D eigenvalue weighted by atomic mass is 9.97. The number of piperidine rings is 1. The van der Waals surface area contributed by atoms with Crippen molar-refractivity contribution in [3.05, 3.63) is 0 Å². The third-order valence-electron chi connectivity index (χ3n) is 3.69. The second kappa shape index (κ2) is 4.49. The van der Waals surface area contributed by atoms with Gasteiger partial charge in [-0.1, -0.05) is 6.42 Å². The third-order valence-corrected chi connectivity index (χ3v) is 3.69. The first-order valence-electron chi connectivity index (χ1n) is 5.98. The van der Waals surface area contributed by atoms with Crippen LogP contribution in [0.25, 0.3) is 0 Å². The van der Waals surface area contributed by atoms with Crippen molar-refractivity contribution in [3.8, 4) is 0 Å². The molecular weight excluding hydrogens is 188 g/mol. The van der Waals surface area contributed by atoms with Crippen LogP contribution in [0.2, 0.25) is 0 Å². The molecule has 2 rings (SSSR count). The minimum absolute atomic E-state index is 0.297. The molecule has 0 spiro atoms. The Kier molecular flexibility index (Phi) is 3.26. The molecule has 0 amide bonds. The van der Waals surface area contributed by atoms with Gasteiger partial charge in [-0.3, -0.25) is 15.2 Å². The summed E-state index contributed by atoms with van der Waals surface area (Å²) in [5.74, 6) is 0.297. The number of hydrogen-bond acceptors (Lipinski definition) is 3. The molecule has 0 saturated carbocycles. The molecule has 2 saturated heterocycles. The molecule has 2 aliphatic heterocycles. The number of piperazine rings is 1. The van der Waals surface area contributed by atoms with E-state index in [0.717, 1.165) is 13.1 Å². The summed E-state index contributed by atoms with van der Waals surface area (Å²) in [5, 5.41) is 7.38. The number of nitrogens with zero attached hydrogens (tertiary/aromatic N) is 2. The van der Waals surface area contributed by atoms with Crippen LogP contribution in [0, 0.1) is 5.41 Å². The zero-order valence-electron chi connectivity index (χ0n) is 9.58. The molecule has 2 unspecified atom stereocenters. The third kappa shape index (κ3) is 2.49. The van der Waals surface area contributed by atoms with Crippen molar-refractivity contribution in [2.75, 3.05) is 26.2 Å². The largest absolute Gasteiger partial charge is 0.387 e. The first kappa shape index (κ1) is 10.9. The predicted octanol–water partition coefficient (Wildman–Crippen LogP) is 0.481. The molecule has 0 aliphatic carbocycles. The van der Waals surface area contributed by atoms with Crippen molar-refractivity contribution >= 4 is 5.84 Å². The van der Waals surface area contributed by atoms with Gasteiger partial charge in [-0.25, -0.2) is 0 Å². The fraction of sp³-hybridized carbons (Fsp3) is 0.909. The summed E-state index contributed by atoms with van der Waals surface area (Å²) in [6, 6.07) is 1.26. The number of nitrogens with two attached hydrogens (primary N) is 1. The molecule has 2 heterocycles. The monoisotopic (exact) mass is 210 g/mol. The molecule has 15 heavy (non-hydrogen) atoms. The van der Waals surface area contributed by atoms with Crippen LogP contribution < -0.4 is 5.73 Å². The first-order chi connectivity index (χ1) is 7.16. The lowest BCUT2D eigenvalue weighted by Gasteiger charge is -2.47. The van der Waals surface area contributed by atoms with Gasteiger partial charge in [-0.05, 0) is 26.3 Å². The van der Waals surface area contributed by atoms with Crippen molar-refractivity contribution in [2.45, 2.75) is 38.3 Å². The molecular formula is C11H22N4. The fourth-order valence-electron chi connectivity index (χ4n) is 2.85. The highest BCUT2D eigenvalue weighted by Gasteiger charge is 2.32. The van der Waals surface area contributed by atoms with Gasteiger partial charge in [0.1, 0.15) is 5.84 Å². The van der Waals surface area contributed by atoms with E-state index in [0.29, 0.717) is 24.5 Å². The van der Waals surface area contributed by atoms with Crippen LogP contribution in [0.15, 0.2) is 0 Å². The van der Waals surface area contributed by atoms with Crippen LogP contribution >= 0.6 is 0 Å². The molecule has 4 nitrogen and oxygen atoms in total. The molecule has 2 aliphatic rings. The van der Waals surface area contributed by atoms with Gasteiger partial charge in [0.15, 0.2) is 0 Å². The van der Waals surface area contributed by atoms with Crippen LogP contribution in [0.3, 0.4) is 0 Å². The maximum atomic E-state index is 7.38. The van der Waals surface area contributed by atoms with Gasteiger partial charge in [0.25, 0.3) is 0 Å². The number of hydrogen-bond donors (Lipinski definition) is 2. The van der Waals surface area contributed by atoms with Crippen molar-refractivity contribution in [2.24, 2.45) is 5.73 Å². The number of fused-ring (bicyclic) bond motifs is 1. The van der Waals surface area contributed by atoms with Gasteiger partial charge in [0.05, 0.1) is 6.54 Å². The average Bonchev–Trinajstić information content (AvgIpc) is 2.18. The summed E-state index contributed by atoms with van der Waals surface area (Å²) in [4.78, 5) is 4.97. The van der Waals surface area contributed by atoms with Crippen LogP contribution in [0.4, 0.5) is 0 Å². The molecule has 4 heteroatoms. The molecule has 0 aromatic carbocycles. The van der Waals surface area contributed by atoms with Gasteiger partial charge >= 0.3 is 0 Å². The van der Waals surface area contributed by atoms with E-state index >= 15 is 0 Å². The maximum Gasteiger partial charge on any atom is 0.105 e. The number of rotatable bonds is 2. The molecule has 0 aromatic heterocycles. The molecule has 0 radical (unpaired) electrons. The van der Waals surface area contributed by atoms with Gasteiger partial charge in [0, 0.05) is 25.2 Å². The van der Waals surface area contributed by atoms with Crippen LogP contribution in [-0.2, 0) is 0 Å². The molecule has 86 valence electrons. The van der Waals surface area contributed by atoms with E-state index in [-0.39, 0.29) is 0 Å². The van der Waals surface area contributed by atoms with Crippen molar-refractivity contribution in [3.63, 3.8) is 0 Å². The van der Waals surface area contributed by atoms with E-state index in [4.69, 9.17) is 11.1 Å². The lowest BCUT2D eigenvalue weighted by Crippen LogP contribution is -2.59. The zero-order chi connectivity index (χ0) is 10.8. The SMILES string of the molecule is CC1CN2CCCCC2CN1CC(=N)N. The van der Waals surface area contributed by atoms with E-state index in [1.54, 1.807) is 0 Å². The van der Waals surface area contributed by atoms with E-state index in [2.05, 4.69) is 16.7 Å². The lowest BCUT2D eigenvalue weighted by molar-refractivity contribution is 0.0235. The van der Waals surface area contributed by atoms with E-state index in [1.807, 2.05) is 0 Å². The quantitative estimate of drug-likeness (QED) is 0.515. The highest BCUT2D eigenvalue weighted by atomic mass is 15.3. The molecule has 3 N–H and O–H groups in total. The molecule has 0 aromatic rings. The van der Waals surface area contributed by atoms with Gasteiger partial charge in [-0.2, -0.15) is 0 Å². The summed E-state index contributed by atoms with van der Waals surface area (Å²) in [5.41, 5.74) is 5.48. The Morgan fingerprint density at radius 3 is 2.93 bits per heavy atom. The standard InChI is InChI=1S/C11H22N4/c1-9-6-14-5-3-2-4-10(14)7-15(9)8-11(12)13/h9-10H,2-8H2,1H3,(H3,12,13). The van der Waals surface area contributed by atoms with Crippen LogP contribution in [0.5, 0.6) is 0 Å². The Morgan fingerprint density at radius 1 is 1.40 bits per heavy atom. The summed E-state index contributed by atoms with van der Waals surface area (Å²) < 4.78 is 0. The fourth-order valence-corrected chi connectivity index (χ4v) is 2.85. The highest BCUT2D eigenvalue weighted by Crippen LogP contribution is 2.23. The van der Waals surface area contributed by atoms with Crippen LogP contribution in [-0.4, -0.2) is 53.9 Å². The number of amidine groups is 1. The smallest absolute Gasteiger partial charge is 0.105 e. The second-order valence-electron chi connectivity index (χ2n) is 4.95. The van der Waals surface area contributed by atoms with E-state index in [1.165, 1.54) is 25.8 Å². The van der Waals surface area contributed by atoms with Crippen LogP contribution in [0.1, 0.15) is 26.2 Å². The topological polar surface area (TPSA) is 56.4 Å². The van der Waals surface area contributed by atoms with Crippen molar-refractivity contribution in [1.82, 2.24) is 9.80 Å². The first-order valence-corrected chi connectivity index (χ1v) is 5.98. The summed E-state index contributed by atoms with van der Waals surface area (Å²) in [6.07, 6.45) is 4.04.